The van der Waals surface area contributed by atoms with Crippen LogP contribution in [-0.2, 0) is 14.3 Å². The molecule has 1 aliphatic heterocycles. The van der Waals surface area contributed by atoms with E-state index in [0.717, 1.165) is 38.4 Å². The molecule has 0 spiro atoms. The van der Waals surface area contributed by atoms with Crippen molar-refractivity contribution < 1.29 is 14.3 Å². The summed E-state index contributed by atoms with van der Waals surface area (Å²) in [4.78, 5) is 26.4. The van der Waals surface area contributed by atoms with E-state index in [1.807, 2.05) is 18.2 Å². The van der Waals surface area contributed by atoms with Crippen molar-refractivity contribution in [3.05, 3.63) is 35.9 Å². The van der Waals surface area contributed by atoms with E-state index in [0.29, 0.717) is 25.7 Å². The Kier molecular flexibility index (Phi) is 5.99. The lowest BCUT2D eigenvalue weighted by molar-refractivity contribution is -0.129. The van der Waals surface area contributed by atoms with Crippen LogP contribution in [0.5, 0.6) is 0 Å². The number of nitrogens with zero attached hydrogens (tertiary/aromatic N) is 1. The molecule has 1 aliphatic carbocycles. The SMILES string of the molecule is O=C1CCC(C(=O)N[C@H](CN2CCOCC2)c2ccccc2)CC1. The topological polar surface area (TPSA) is 58.6 Å². The van der Waals surface area contributed by atoms with Crippen molar-refractivity contribution in [2.24, 2.45) is 5.92 Å². The molecule has 3 rings (SSSR count). The molecule has 1 saturated carbocycles. The van der Waals surface area contributed by atoms with Crippen molar-refractivity contribution in [3.63, 3.8) is 0 Å². The Morgan fingerprint density at radius 1 is 1.17 bits per heavy atom. The van der Waals surface area contributed by atoms with Crippen LogP contribution in [0.2, 0.25) is 0 Å². The monoisotopic (exact) mass is 330 g/mol. The lowest BCUT2D eigenvalue weighted by Crippen LogP contribution is -2.44. The van der Waals surface area contributed by atoms with Gasteiger partial charge in [-0.2, -0.15) is 0 Å². The zero-order valence-electron chi connectivity index (χ0n) is 14.1. The predicted molar refractivity (Wildman–Crippen MR) is 91.5 cm³/mol. The zero-order valence-corrected chi connectivity index (χ0v) is 14.1. The quantitative estimate of drug-likeness (QED) is 0.896. The van der Waals surface area contributed by atoms with E-state index in [9.17, 15) is 9.59 Å². The third kappa shape index (κ3) is 4.65. The summed E-state index contributed by atoms with van der Waals surface area (Å²) >= 11 is 0. The van der Waals surface area contributed by atoms with Gasteiger partial charge in [0.05, 0.1) is 19.3 Å². The number of amides is 1. The largest absolute Gasteiger partial charge is 0.379 e. The van der Waals surface area contributed by atoms with Crippen molar-refractivity contribution in [3.8, 4) is 0 Å². The second-order valence-corrected chi connectivity index (χ2v) is 6.70. The number of benzene rings is 1. The van der Waals surface area contributed by atoms with E-state index in [1.54, 1.807) is 0 Å². The highest BCUT2D eigenvalue weighted by atomic mass is 16.5. The minimum atomic E-state index is -0.0291. The van der Waals surface area contributed by atoms with Gasteiger partial charge >= 0.3 is 0 Å². The Hall–Kier alpha value is -1.72. The standard InChI is InChI=1S/C19H26N2O3/c22-17-8-6-16(7-9-17)19(23)20-18(15-4-2-1-3-5-15)14-21-10-12-24-13-11-21/h1-5,16,18H,6-14H2,(H,20,23)/t18-/m1/s1. The van der Waals surface area contributed by atoms with Gasteiger partial charge in [-0.05, 0) is 18.4 Å². The summed E-state index contributed by atoms with van der Waals surface area (Å²) in [5.74, 6) is 0.343. The van der Waals surface area contributed by atoms with Crippen LogP contribution in [0.1, 0.15) is 37.3 Å². The van der Waals surface area contributed by atoms with Crippen LogP contribution in [0.3, 0.4) is 0 Å². The van der Waals surface area contributed by atoms with Gasteiger partial charge in [0.1, 0.15) is 5.78 Å². The number of hydrogen-bond acceptors (Lipinski definition) is 4. The van der Waals surface area contributed by atoms with Gasteiger partial charge in [-0.3, -0.25) is 14.5 Å². The van der Waals surface area contributed by atoms with Gasteiger partial charge in [-0.25, -0.2) is 0 Å². The maximum absolute atomic E-state index is 12.7. The highest BCUT2D eigenvalue weighted by molar-refractivity contribution is 5.84. The average Bonchev–Trinajstić information content (AvgIpc) is 2.63. The molecule has 2 aliphatic rings. The number of ether oxygens (including phenoxy) is 1. The minimum Gasteiger partial charge on any atom is -0.379 e. The summed E-state index contributed by atoms with van der Waals surface area (Å²) in [5.41, 5.74) is 1.13. The molecule has 2 fully saturated rings. The molecule has 5 nitrogen and oxygen atoms in total. The number of nitrogens with one attached hydrogen (secondary N) is 1. The molecule has 1 saturated heterocycles. The van der Waals surface area contributed by atoms with E-state index in [1.165, 1.54) is 0 Å². The molecule has 1 N–H and O–H groups in total. The number of ketones is 1. The molecule has 130 valence electrons. The molecular weight excluding hydrogens is 304 g/mol. The van der Waals surface area contributed by atoms with E-state index in [-0.39, 0.29) is 23.7 Å². The second kappa shape index (κ2) is 8.40. The Bertz CT molecular complexity index is 545. The highest BCUT2D eigenvalue weighted by Crippen LogP contribution is 2.23. The summed E-state index contributed by atoms with van der Waals surface area (Å²) in [6.45, 7) is 4.10. The van der Waals surface area contributed by atoms with Crippen molar-refractivity contribution >= 4 is 11.7 Å². The van der Waals surface area contributed by atoms with Crippen molar-refractivity contribution in [2.45, 2.75) is 31.7 Å². The normalized spacial score (nSPS) is 21.4. The van der Waals surface area contributed by atoms with Crippen LogP contribution in [-0.4, -0.2) is 49.4 Å². The van der Waals surface area contributed by atoms with E-state index >= 15 is 0 Å². The first-order valence-corrected chi connectivity index (χ1v) is 8.89. The van der Waals surface area contributed by atoms with Crippen LogP contribution in [0.15, 0.2) is 30.3 Å². The van der Waals surface area contributed by atoms with Crippen LogP contribution in [0.4, 0.5) is 0 Å². The number of carbonyl (C=O) groups is 2. The molecule has 0 unspecified atom stereocenters. The number of morpholine rings is 1. The lowest BCUT2D eigenvalue weighted by Gasteiger charge is -2.32. The molecule has 0 aromatic heterocycles. The van der Waals surface area contributed by atoms with E-state index in [2.05, 4.69) is 22.3 Å². The Morgan fingerprint density at radius 2 is 1.83 bits per heavy atom. The molecule has 5 heteroatoms. The van der Waals surface area contributed by atoms with Gasteiger partial charge in [0, 0.05) is 38.4 Å². The van der Waals surface area contributed by atoms with E-state index in [4.69, 9.17) is 4.74 Å². The molecule has 0 radical (unpaired) electrons. The van der Waals surface area contributed by atoms with Gasteiger partial charge in [0.15, 0.2) is 0 Å². The molecule has 24 heavy (non-hydrogen) atoms. The first-order valence-electron chi connectivity index (χ1n) is 8.89. The third-order valence-electron chi connectivity index (χ3n) is 4.98. The van der Waals surface area contributed by atoms with Crippen molar-refractivity contribution in [1.82, 2.24) is 10.2 Å². The highest BCUT2D eigenvalue weighted by Gasteiger charge is 2.27. The summed E-state index contributed by atoms with van der Waals surface area (Å²) in [6.07, 6.45) is 2.45. The van der Waals surface area contributed by atoms with Crippen LogP contribution < -0.4 is 5.32 Å². The molecule has 1 atom stereocenters. The maximum atomic E-state index is 12.7. The van der Waals surface area contributed by atoms with Gasteiger partial charge in [-0.15, -0.1) is 0 Å². The molecule has 1 aromatic carbocycles. The number of hydrogen-bond donors (Lipinski definition) is 1. The molecule has 0 bridgehead atoms. The van der Waals surface area contributed by atoms with Gasteiger partial charge in [-0.1, -0.05) is 30.3 Å². The number of Topliss-reactive ketones (excluding diaryl/α,β-unsaturated/α-hetero) is 1. The van der Waals surface area contributed by atoms with E-state index < -0.39 is 0 Å². The van der Waals surface area contributed by atoms with Gasteiger partial charge < -0.3 is 10.1 Å². The molecular formula is C19H26N2O3. The summed E-state index contributed by atoms with van der Waals surface area (Å²) in [7, 11) is 0. The lowest BCUT2D eigenvalue weighted by atomic mass is 9.87. The van der Waals surface area contributed by atoms with Crippen molar-refractivity contribution in [1.29, 1.82) is 0 Å². The molecule has 1 amide bonds. The first-order chi connectivity index (χ1) is 11.7. The molecule has 1 aromatic rings. The summed E-state index contributed by atoms with van der Waals surface area (Å²) < 4.78 is 5.41. The first kappa shape index (κ1) is 17.1. The Labute approximate surface area is 143 Å². The number of rotatable bonds is 5. The fraction of sp³-hybridized carbons (Fsp3) is 0.579. The minimum absolute atomic E-state index is 0.0190. The average molecular weight is 330 g/mol. The Morgan fingerprint density at radius 3 is 2.50 bits per heavy atom. The van der Waals surface area contributed by atoms with Crippen LogP contribution >= 0.6 is 0 Å². The predicted octanol–water partition coefficient (Wildman–Crippen LogP) is 1.94. The van der Waals surface area contributed by atoms with Crippen molar-refractivity contribution in [2.75, 3.05) is 32.8 Å². The van der Waals surface area contributed by atoms with Gasteiger partial charge in [0.25, 0.3) is 0 Å². The zero-order chi connectivity index (χ0) is 16.8. The maximum Gasteiger partial charge on any atom is 0.223 e. The number of carbonyl (C=O) groups excluding carboxylic acids is 2. The summed E-state index contributed by atoms with van der Waals surface area (Å²) in [5, 5.41) is 3.23. The second-order valence-electron chi connectivity index (χ2n) is 6.70. The Balaban J connectivity index is 1.65. The van der Waals surface area contributed by atoms with Crippen LogP contribution in [0.25, 0.3) is 0 Å². The van der Waals surface area contributed by atoms with Gasteiger partial charge in [0.2, 0.25) is 5.91 Å². The van der Waals surface area contributed by atoms with Crippen LogP contribution in [0, 0.1) is 5.92 Å². The third-order valence-corrected chi connectivity index (χ3v) is 4.98. The smallest absolute Gasteiger partial charge is 0.223 e. The fourth-order valence-corrected chi connectivity index (χ4v) is 3.45. The fourth-order valence-electron chi connectivity index (χ4n) is 3.45. The molecule has 1 heterocycles. The summed E-state index contributed by atoms with van der Waals surface area (Å²) in [6, 6.07) is 10.1.